The van der Waals surface area contributed by atoms with Crippen LogP contribution in [0.5, 0.6) is 0 Å². The molecule has 0 spiro atoms. The van der Waals surface area contributed by atoms with Gasteiger partial charge in [0.2, 0.25) is 0 Å². The zero-order valence-electron chi connectivity index (χ0n) is 12.2. The molecule has 108 valence electrons. The summed E-state index contributed by atoms with van der Waals surface area (Å²) in [6.45, 7) is 0. The lowest BCUT2D eigenvalue weighted by molar-refractivity contribution is 0.0969. The van der Waals surface area contributed by atoms with Crippen LogP contribution in [0.15, 0.2) is 72.8 Å². The highest BCUT2D eigenvalue weighted by atomic mass is 16.2. The number of rotatable bonds is 1. The number of nitriles is 1. The summed E-state index contributed by atoms with van der Waals surface area (Å²) in [4.78, 5) is 13.0. The third kappa shape index (κ3) is 2.01. The molecule has 0 aliphatic heterocycles. The van der Waals surface area contributed by atoms with E-state index in [-0.39, 0.29) is 5.91 Å². The molecule has 4 aromatic rings. The van der Waals surface area contributed by atoms with Crippen LogP contribution in [0.1, 0.15) is 15.9 Å². The summed E-state index contributed by atoms with van der Waals surface area (Å²) in [6.07, 6.45) is 0. The number of hydrogen-bond acceptors (Lipinski definition) is 2. The third-order valence-corrected chi connectivity index (χ3v) is 4.04. The molecule has 0 aliphatic rings. The number of nitrogens with zero attached hydrogens (tertiary/aromatic N) is 2. The highest BCUT2D eigenvalue weighted by Gasteiger charge is 2.16. The van der Waals surface area contributed by atoms with Crippen molar-refractivity contribution < 1.29 is 4.79 Å². The van der Waals surface area contributed by atoms with Crippen molar-refractivity contribution in [1.29, 1.82) is 5.26 Å². The number of hydrogen-bond donors (Lipinski definition) is 0. The predicted octanol–water partition coefficient (Wildman–Crippen LogP) is 4.35. The first-order chi connectivity index (χ1) is 11.3. The van der Waals surface area contributed by atoms with Crippen molar-refractivity contribution in [1.82, 2.24) is 4.57 Å². The van der Waals surface area contributed by atoms with Crippen LogP contribution < -0.4 is 0 Å². The Balaban J connectivity index is 1.99. The Hall–Kier alpha value is -3.38. The lowest BCUT2D eigenvalue weighted by Crippen LogP contribution is -2.11. The summed E-state index contributed by atoms with van der Waals surface area (Å²) in [5.41, 5.74) is 2.89. The number of para-hydroxylation sites is 2. The summed E-state index contributed by atoms with van der Waals surface area (Å²) in [7, 11) is 0. The van der Waals surface area contributed by atoms with E-state index in [4.69, 9.17) is 5.26 Å². The van der Waals surface area contributed by atoms with E-state index < -0.39 is 0 Å². The maximum absolute atomic E-state index is 13.0. The van der Waals surface area contributed by atoms with Gasteiger partial charge in [-0.15, -0.1) is 0 Å². The van der Waals surface area contributed by atoms with Crippen LogP contribution in [0.2, 0.25) is 0 Å². The maximum Gasteiger partial charge on any atom is 0.262 e. The average Bonchev–Trinajstić information content (AvgIpc) is 2.96. The number of carbonyl (C=O) groups excluding carboxylic acids is 1. The second-order valence-corrected chi connectivity index (χ2v) is 5.36. The molecule has 3 nitrogen and oxygen atoms in total. The van der Waals surface area contributed by atoms with Gasteiger partial charge < -0.3 is 0 Å². The summed E-state index contributed by atoms with van der Waals surface area (Å²) in [5.74, 6) is -0.0908. The van der Waals surface area contributed by atoms with E-state index in [0.717, 1.165) is 21.8 Å². The minimum atomic E-state index is -0.0908. The Kier molecular flexibility index (Phi) is 2.96. The minimum Gasteiger partial charge on any atom is -0.276 e. The number of carbonyl (C=O) groups is 1. The molecule has 0 saturated carbocycles. The highest BCUT2D eigenvalue weighted by Crippen LogP contribution is 2.29. The zero-order chi connectivity index (χ0) is 15.8. The van der Waals surface area contributed by atoms with Gasteiger partial charge in [-0.1, -0.05) is 36.4 Å². The number of aromatic nitrogens is 1. The van der Waals surface area contributed by atoms with Crippen LogP contribution in [0.4, 0.5) is 0 Å². The van der Waals surface area contributed by atoms with Crippen LogP contribution in [-0.4, -0.2) is 10.5 Å². The first-order valence-electron chi connectivity index (χ1n) is 7.32. The molecule has 1 heterocycles. The van der Waals surface area contributed by atoms with Gasteiger partial charge in [0.25, 0.3) is 5.91 Å². The lowest BCUT2D eigenvalue weighted by Gasteiger charge is -2.06. The average molecular weight is 296 g/mol. The maximum atomic E-state index is 13.0. The molecule has 0 aliphatic carbocycles. The van der Waals surface area contributed by atoms with Crippen LogP contribution in [0.3, 0.4) is 0 Å². The monoisotopic (exact) mass is 296 g/mol. The van der Waals surface area contributed by atoms with E-state index in [0.29, 0.717) is 11.1 Å². The predicted molar refractivity (Wildman–Crippen MR) is 90.3 cm³/mol. The van der Waals surface area contributed by atoms with E-state index in [2.05, 4.69) is 6.07 Å². The quantitative estimate of drug-likeness (QED) is 0.524. The molecule has 3 aromatic carbocycles. The normalized spacial score (nSPS) is 10.7. The van der Waals surface area contributed by atoms with Crippen LogP contribution in [-0.2, 0) is 0 Å². The minimum absolute atomic E-state index is 0.0908. The third-order valence-electron chi connectivity index (χ3n) is 4.04. The summed E-state index contributed by atoms with van der Waals surface area (Å²) in [6, 6.07) is 24.6. The van der Waals surface area contributed by atoms with E-state index in [9.17, 15) is 4.79 Å². The molecular formula is C20H12N2O. The fourth-order valence-corrected chi connectivity index (χ4v) is 2.96. The molecule has 0 bridgehead atoms. The molecule has 4 rings (SSSR count). The van der Waals surface area contributed by atoms with Gasteiger partial charge in [0.05, 0.1) is 22.7 Å². The summed E-state index contributed by atoms with van der Waals surface area (Å²) < 4.78 is 1.74. The van der Waals surface area contributed by atoms with Gasteiger partial charge in [-0.2, -0.15) is 5.26 Å². The van der Waals surface area contributed by atoms with Gasteiger partial charge in [-0.05, 0) is 36.4 Å². The Morgan fingerprint density at radius 2 is 1.30 bits per heavy atom. The molecule has 3 heteroatoms. The standard InChI is InChI=1S/C20H12N2O/c21-13-14-9-11-15(12-10-14)20(23)22-18-7-3-1-5-16(18)17-6-2-4-8-19(17)22/h1-12H. The molecule has 0 saturated heterocycles. The fraction of sp³-hybridized carbons (Fsp3) is 0. The van der Waals surface area contributed by atoms with Crippen molar-refractivity contribution in [2.75, 3.05) is 0 Å². The van der Waals surface area contributed by atoms with Gasteiger partial charge in [-0.3, -0.25) is 9.36 Å². The molecule has 1 aromatic heterocycles. The second kappa shape index (κ2) is 5.11. The van der Waals surface area contributed by atoms with Crippen LogP contribution in [0.25, 0.3) is 21.8 Å². The molecule has 0 atom stereocenters. The second-order valence-electron chi connectivity index (χ2n) is 5.36. The Morgan fingerprint density at radius 3 is 1.83 bits per heavy atom. The molecule has 0 N–H and O–H groups in total. The van der Waals surface area contributed by atoms with E-state index in [1.807, 2.05) is 48.5 Å². The van der Waals surface area contributed by atoms with Crippen molar-refractivity contribution in [3.8, 4) is 6.07 Å². The van der Waals surface area contributed by atoms with Gasteiger partial charge >= 0.3 is 0 Å². The summed E-state index contributed by atoms with van der Waals surface area (Å²) >= 11 is 0. The van der Waals surface area contributed by atoms with Crippen molar-refractivity contribution in [2.24, 2.45) is 0 Å². The van der Waals surface area contributed by atoms with E-state index in [1.54, 1.807) is 28.8 Å². The highest BCUT2D eigenvalue weighted by molar-refractivity contribution is 6.16. The number of benzene rings is 3. The topological polar surface area (TPSA) is 45.8 Å². The van der Waals surface area contributed by atoms with Crippen molar-refractivity contribution in [3.63, 3.8) is 0 Å². The molecule has 0 unspecified atom stereocenters. The van der Waals surface area contributed by atoms with Crippen molar-refractivity contribution in [3.05, 3.63) is 83.9 Å². The van der Waals surface area contributed by atoms with Crippen molar-refractivity contribution >= 4 is 27.7 Å². The van der Waals surface area contributed by atoms with Gasteiger partial charge in [-0.25, -0.2) is 0 Å². The first-order valence-corrected chi connectivity index (χ1v) is 7.32. The summed E-state index contributed by atoms with van der Waals surface area (Å²) in [5, 5.41) is 11.0. The van der Waals surface area contributed by atoms with E-state index in [1.165, 1.54) is 0 Å². The SMILES string of the molecule is N#Cc1ccc(C(=O)n2c3ccccc3c3ccccc32)cc1. The first kappa shape index (κ1) is 13.3. The van der Waals surface area contributed by atoms with Gasteiger partial charge in [0.15, 0.2) is 0 Å². The van der Waals surface area contributed by atoms with Crippen LogP contribution >= 0.6 is 0 Å². The van der Waals surface area contributed by atoms with Crippen molar-refractivity contribution in [2.45, 2.75) is 0 Å². The molecule has 23 heavy (non-hydrogen) atoms. The molecule has 0 radical (unpaired) electrons. The number of fused-ring (bicyclic) bond motifs is 3. The Labute approximate surface area is 133 Å². The van der Waals surface area contributed by atoms with Gasteiger partial charge in [0.1, 0.15) is 0 Å². The zero-order valence-corrected chi connectivity index (χ0v) is 12.2. The van der Waals surface area contributed by atoms with Gasteiger partial charge in [0, 0.05) is 16.3 Å². The fourth-order valence-electron chi connectivity index (χ4n) is 2.96. The Morgan fingerprint density at radius 1 is 0.783 bits per heavy atom. The molecular weight excluding hydrogens is 284 g/mol. The Bertz CT molecular complexity index is 1030. The smallest absolute Gasteiger partial charge is 0.262 e. The molecule has 0 amide bonds. The lowest BCUT2D eigenvalue weighted by atomic mass is 10.1. The molecule has 0 fully saturated rings. The largest absolute Gasteiger partial charge is 0.276 e. The van der Waals surface area contributed by atoms with E-state index >= 15 is 0 Å². The van der Waals surface area contributed by atoms with Crippen LogP contribution in [0, 0.1) is 11.3 Å².